The quantitative estimate of drug-likeness (QED) is 0.396. The minimum absolute atomic E-state index is 0.360. The molecule has 0 saturated carbocycles. The number of carbonyl (C=O) groups excluding carboxylic acids is 1. The molecular formula is C7H7NO2S. The molecule has 2 N–H and O–H groups in total. The van der Waals surface area contributed by atoms with Crippen molar-refractivity contribution >= 4 is 24.8 Å². The van der Waals surface area contributed by atoms with Gasteiger partial charge in [-0.25, -0.2) is 0 Å². The van der Waals surface area contributed by atoms with Crippen LogP contribution in [0.2, 0.25) is 0 Å². The number of carbonyl (C=O) groups is 1. The second kappa shape index (κ2) is 3.30. The Bertz CT molecular complexity index is 275. The SMILES string of the molecule is Nc1ccc(OC=O)cc1S. The lowest BCUT2D eigenvalue weighted by Gasteiger charge is -2.00. The highest BCUT2D eigenvalue weighted by Gasteiger charge is 1.96. The van der Waals surface area contributed by atoms with Gasteiger partial charge in [0.05, 0.1) is 0 Å². The van der Waals surface area contributed by atoms with Gasteiger partial charge in [-0.15, -0.1) is 12.6 Å². The summed E-state index contributed by atoms with van der Waals surface area (Å²) in [7, 11) is 0. The van der Waals surface area contributed by atoms with E-state index >= 15 is 0 Å². The van der Waals surface area contributed by atoms with E-state index < -0.39 is 0 Å². The summed E-state index contributed by atoms with van der Waals surface area (Å²) in [5, 5.41) is 0. The van der Waals surface area contributed by atoms with E-state index in [-0.39, 0.29) is 0 Å². The van der Waals surface area contributed by atoms with Crippen LogP contribution in [0.1, 0.15) is 0 Å². The maximum atomic E-state index is 9.89. The molecule has 0 unspecified atom stereocenters. The molecule has 0 aliphatic carbocycles. The van der Waals surface area contributed by atoms with Gasteiger partial charge in [-0.3, -0.25) is 4.79 Å². The molecule has 58 valence electrons. The first-order valence-electron chi connectivity index (χ1n) is 2.93. The van der Waals surface area contributed by atoms with E-state index in [1.54, 1.807) is 18.2 Å². The van der Waals surface area contributed by atoms with Crippen molar-refractivity contribution in [1.29, 1.82) is 0 Å². The summed E-state index contributed by atoms with van der Waals surface area (Å²) in [5.41, 5.74) is 6.03. The molecule has 3 nitrogen and oxygen atoms in total. The molecule has 0 spiro atoms. The molecule has 0 saturated heterocycles. The third-order valence-corrected chi connectivity index (χ3v) is 1.57. The van der Waals surface area contributed by atoms with Crippen LogP contribution in [0.3, 0.4) is 0 Å². The van der Waals surface area contributed by atoms with Crippen LogP contribution < -0.4 is 10.5 Å². The van der Waals surface area contributed by atoms with Crippen LogP contribution in [0.25, 0.3) is 0 Å². The Morgan fingerprint density at radius 3 is 2.82 bits per heavy atom. The summed E-state index contributed by atoms with van der Waals surface area (Å²) >= 11 is 4.04. The first-order chi connectivity index (χ1) is 5.24. The second-order valence-corrected chi connectivity index (χ2v) is 2.42. The third-order valence-electron chi connectivity index (χ3n) is 1.19. The van der Waals surface area contributed by atoms with Crippen LogP contribution in [0.4, 0.5) is 5.69 Å². The molecule has 0 heterocycles. The molecular weight excluding hydrogens is 162 g/mol. The van der Waals surface area contributed by atoms with Gasteiger partial charge in [-0.1, -0.05) is 0 Å². The van der Waals surface area contributed by atoms with Crippen LogP contribution in [-0.4, -0.2) is 6.47 Å². The highest BCUT2D eigenvalue weighted by molar-refractivity contribution is 7.80. The number of benzene rings is 1. The molecule has 1 aromatic rings. The number of hydrogen-bond donors (Lipinski definition) is 2. The van der Waals surface area contributed by atoms with Gasteiger partial charge < -0.3 is 10.5 Å². The molecule has 0 amide bonds. The van der Waals surface area contributed by atoms with Gasteiger partial charge in [0.15, 0.2) is 0 Å². The van der Waals surface area contributed by atoms with Crippen molar-refractivity contribution in [1.82, 2.24) is 0 Å². The fraction of sp³-hybridized carbons (Fsp3) is 0. The number of nitrogens with two attached hydrogens (primary N) is 1. The molecule has 0 aliphatic rings. The Morgan fingerprint density at radius 2 is 2.27 bits per heavy atom. The normalized spacial score (nSPS) is 9.18. The Balaban J connectivity index is 2.95. The van der Waals surface area contributed by atoms with Gasteiger partial charge in [0.2, 0.25) is 0 Å². The van der Waals surface area contributed by atoms with E-state index in [4.69, 9.17) is 5.73 Å². The second-order valence-electron chi connectivity index (χ2n) is 1.93. The smallest absolute Gasteiger partial charge is 0.298 e. The summed E-state index contributed by atoms with van der Waals surface area (Å²) in [4.78, 5) is 10.5. The van der Waals surface area contributed by atoms with Gasteiger partial charge in [-0.05, 0) is 18.2 Å². The molecule has 0 atom stereocenters. The minimum atomic E-state index is 0.360. The van der Waals surface area contributed by atoms with Crippen LogP contribution in [0.15, 0.2) is 23.1 Å². The zero-order chi connectivity index (χ0) is 8.27. The van der Waals surface area contributed by atoms with Crippen molar-refractivity contribution in [3.05, 3.63) is 18.2 Å². The van der Waals surface area contributed by atoms with Crippen LogP contribution in [-0.2, 0) is 4.79 Å². The predicted molar refractivity (Wildman–Crippen MR) is 44.8 cm³/mol. The lowest BCUT2D eigenvalue weighted by Crippen LogP contribution is -1.91. The number of nitrogen functional groups attached to an aromatic ring is 1. The fourth-order valence-electron chi connectivity index (χ4n) is 0.652. The van der Waals surface area contributed by atoms with Crippen LogP contribution >= 0.6 is 12.6 Å². The maximum Gasteiger partial charge on any atom is 0.298 e. The lowest BCUT2D eigenvalue weighted by molar-refractivity contribution is -0.120. The molecule has 0 fully saturated rings. The Labute approximate surface area is 69.6 Å². The average Bonchev–Trinajstić information content (AvgIpc) is 1.98. The van der Waals surface area contributed by atoms with E-state index in [0.29, 0.717) is 22.8 Å². The number of ether oxygens (including phenoxy) is 1. The van der Waals surface area contributed by atoms with Crippen molar-refractivity contribution in [3.8, 4) is 5.75 Å². The number of rotatable bonds is 2. The number of thiol groups is 1. The number of anilines is 1. The predicted octanol–water partition coefficient (Wildman–Crippen LogP) is 1.09. The molecule has 0 aliphatic heterocycles. The fourth-order valence-corrected chi connectivity index (χ4v) is 0.854. The van der Waals surface area contributed by atoms with E-state index in [0.717, 1.165) is 0 Å². The summed E-state index contributed by atoms with van der Waals surface area (Å²) in [6.45, 7) is 0.360. The van der Waals surface area contributed by atoms with Gasteiger partial charge in [0.25, 0.3) is 6.47 Å². The van der Waals surface area contributed by atoms with E-state index in [9.17, 15) is 4.79 Å². The average molecular weight is 169 g/mol. The lowest BCUT2D eigenvalue weighted by atomic mass is 10.3. The van der Waals surface area contributed by atoms with E-state index in [2.05, 4.69) is 17.4 Å². The summed E-state index contributed by atoms with van der Waals surface area (Å²) in [5.74, 6) is 0.444. The Hall–Kier alpha value is -1.16. The molecule has 0 bridgehead atoms. The zero-order valence-electron chi connectivity index (χ0n) is 5.65. The van der Waals surface area contributed by atoms with E-state index in [1.165, 1.54) is 0 Å². The summed E-state index contributed by atoms with van der Waals surface area (Å²) in [6.07, 6.45) is 0. The van der Waals surface area contributed by atoms with Crippen molar-refractivity contribution in [2.75, 3.05) is 5.73 Å². The molecule has 0 radical (unpaired) electrons. The highest BCUT2D eigenvalue weighted by atomic mass is 32.1. The molecule has 11 heavy (non-hydrogen) atoms. The molecule has 1 rings (SSSR count). The monoisotopic (exact) mass is 169 g/mol. The standard InChI is InChI=1S/C7H7NO2S/c8-6-2-1-5(10-4-9)3-7(6)11/h1-4,11H,8H2. The third kappa shape index (κ3) is 1.88. The van der Waals surface area contributed by atoms with Gasteiger partial charge >= 0.3 is 0 Å². The zero-order valence-corrected chi connectivity index (χ0v) is 6.54. The van der Waals surface area contributed by atoms with Crippen molar-refractivity contribution in [2.45, 2.75) is 4.90 Å². The van der Waals surface area contributed by atoms with Crippen LogP contribution in [0.5, 0.6) is 5.75 Å². The minimum Gasteiger partial charge on any atom is -0.429 e. The van der Waals surface area contributed by atoms with Gasteiger partial charge in [0.1, 0.15) is 5.75 Å². The maximum absolute atomic E-state index is 9.89. The molecule has 1 aromatic carbocycles. The van der Waals surface area contributed by atoms with Gasteiger partial charge in [-0.2, -0.15) is 0 Å². The van der Waals surface area contributed by atoms with Crippen molar-refractivity contribution in [3.63, 3.8) is 0 Å². The molecule has 4 heteroatoms. The Morgan fingerprint density at radius 1 is 1.55 bits per heavy atom. The van der Waals surface area contributed by atoms with Gasteiger partial charge in [0, 0.05) is 10.6 Å². The largest absolute Gasteiger partial charge is 0.429 e. The van der Waals surface area contributed by atoms with Crippen molar-refractivity contribution in [2.24, 2.45) is 0 Å². The highest BCUT2D eigenvalue weighted by Crippen LogP contribution is 2.21. The van der Waals surface area contributed by atoms with Crippen molar-refractivity contribution < 1.29 is 9.53 Å². The first kappa shape index (κ1) is 7.94. The Kier molecular flexibility index (Phi) is 2.38. The first-order valence-corrected chi connectivity index (χ1v) is 3.37. The van der Waals surface area contributed by atoms with E-state index in [1.807, 2.05) is 0 Å². The summed E-state index contributed by atoms with van der Waals surface area (Å²) < 4.78 is 4.56. The molecule has 0 aromatic heterocycles. The topological polar surface area (TPSA) is 52.3 Å². The summed E-state index contributed by atoms with van der Waals surface area (Å²) in [6, 6.07) is 4.80. The van der Waals surface area contributed by atoms with Crippen LogP contribution in [0, 0.1) is 0 Å². The number of hydrogen-bond acceptors (Lipinski definition) is 4.